The van der Waals surface area contributed by atoms with E-state index in [4.69, 9.17) is 4.74 Å². The van der Waals surface area contributed by atoms with Crippen molar-refractivity contribution in [2.75, 3.05) is 0 Å². The van der Waals surface area contributed by atoms with E-state index in [1.807, 2.05) is 18.2 Å². The van der Waals surface area contributed by atoms with Crippen LogP contribution in [0.15, 0.2) is 64.2 Å². The van der Waals surface area contributed by atoms with Crippen molar-refractivity contribution in [3.05, 3.63) is 81.0 Å². The molecule has 30 heavy (non-hydrogen) atoms. The second-order valence-corrected chi connectivity index (χ2v) is 6.20. The van der Waals surface area contributed by atoms with E-state index in [2.05, 4.69) is 19.7 Å². The number of imidazole rings is 1. The number of rotatable bonds is 5. The molecule has 2 N–H and O–H groups in total. The molecule has 0 saturated heterocycles. The molecule has 0 saturated carbocycles. The molecule has 2 aromatic heterocycles. The Labute approximate surface area is 165 Å². The molecule has 4 aromatic rings. The topological polar surface area (TPSA) is 102 Å². The second-order valence-electron chi connectivity index (χ2n) is 6.20. The number of nitrogens with one attached hydrogen (secondary N) is 2. The SMILES string of the molecule is O=c1[nH]c(=O)c2c(nc(Oc3cccc(OC(F)(F)F)c3)n2Cc2ccccc2)[nH]1. The molecule has 0 atom stereocenters. The minimum absolute atomic E-state index is 0.000133. The minimum atomic E-state index is -4.86. The fourth-order valence-corrected chi connectivity index (χ4v) is 2.88. The highest BCUT2D eigenvalue weighted by Gasteiger charge is 2.31. The van der Waals surface area contributed by atoms with Gasteiger partial charge in [-0.3, -0.25) is 19.3 Å². The monoisotopic (exact) mass is 418 g/mol. The number of alkyl halides is 3. The fraction of sp³-hybridized carbons (Fsp3) is 0.105. The third-order valence-corrected chi connectivity index (χ3v) is 4.04. The van der Waals surface area contributed by atoms with Crippen LogP contribution in [0.1, 0.15) is 5.56 Å². The lowest BCUT2D eigenvalue weighted by molar-refractivity contribution is -0.274. The molecule has 0 aliphatic carbocycles. The zero-order chi connectivity index (χ0) is 21.3. The van der Waals surface area contributed by atoms with E-state index in [1.165, 1.54) is 16.7 Å². The molecule has 11 heteroatoms. The third-order valence-electron chi connectivity index (χ3n) is 4.04. The summed E-state index contributed by atoms with van der Waals surface area (Å²) >= 11 is 0. The third kappa shape index (κ3) is 4.19. The number of fused-ring (bicyclic) bond motifs is 1. The van der Waals surface area contributed by atoms with Gasteiger partial charge in [-0.15, -0.1) is 13.2 Å². The Hall–Kier alpha value is -4.02. The predicted molar refractivity (Wildman–Crippen MR) is 99.7 cm³/mol. The molecule has 2 heterocycles. The van der Waals surface area contributed by atoms with Gasteiger partial charge in [0.1, 0.15) is 11.5 Å². The molecule has 0 aliphatic heterocycles. The van der Waals surface area contributed by atoms with Crippen LogP contribution in [-0.2, 0) is 6.54 Å². The van der Waals surface area contributed by atoms with Gasteiger partial charge >= 0.3 is 18.1 Å². The van der Waals surface area contributed by atoms with E-state index in [0.29, 0.717) is 0 Å². The summed E-state index contributed by atoms with van der Waals surface area (Å²) in [5.41, 5.74) is -0.583. The first kappa shape index (κ1) is 19.3. The summed E-state index contributed by atoms with van der Waals surface area (Å²) in [5, 5.41) is 0. The van der Waals surface area contributed by atoms with Gasteiger partial charge in [0.2, 0.25) is 0 Å². The molecule has 0 unspecified atom stereocenters. The van der Waals surface area contributed by atoms with Crippen molar-refractivity contribution < 1.29 is 22.6 Å². The molecule has 2 aromatic carbocycles. The molecule has 8 nitrogen and oxygen atoms in total. The number of ether oxygens (including phenoxy) is 2. The quantitative estimate of drug-likeness (QED) is 0.519. The summed E-state index contributed by atoms with van der Waals surface area (Å²) in [6.07, 6.45) is -4.86. The lowest BCUT2D eigenvalue weighted by Crippen LogP contribution is -2.23. The lowest BCUT2D eigenvalue weighted by Gasteiger charge is -2.12. The fourth-order valence-electron chi connectivity index (χ4n) is 2.88. The second kappa shape index (κ2) is 7.43. The van der Waals surface area contributed by atoms with Crippen LogP contribution in [0.4, 0.5) is 13.2 Å². The Morgan fingerprint density at radius 1 is 0.967 bits per heavy atom. The highest BCUT2D eigenvalue weighted by Crippen LogP contribution is 2.29. The normalized spacial score (nSPS) is 11.6. The first-order chi connectivity index (χ1) is 14.3. The summed E-state index contributed by atoms with van der Waals surface area (Å²) in [6, 6.07) is 13.8. The Morgan fingerprint density at radius 3 is 2.43 bits per heavy atom. The molecule has 0 spiro atoms. The summed E-state index contributed by atoms with van der Waals surface area (Å²) in [7, 11) is 0. The van der Waals surface area contributed by atoms with Gasteiger partial charge in [-0.1, -0.05) is 36.4 Å². The number of nitrogens with zero attached hydrogens (tertiary/aromatic N) is 2. The van der Waals surface area contributed by atoms with Crippen LogP contribution in [0, 0.1) is 0 Å². The average Bonchev–Trinajstić information content (AvgIpc) is 2.98. The largest absolute Gasteiger partial charge is 0.573 e. The maximum atomic E-state index is 12.5. The summed E-state index contributed by atoms with van der Waals surface area (Å²) in [6.45, 7) is 0.167. The van der Waals surface area contributed by atoms with E-state index in [-0.39, 0.29) is 29.5 Å². The highest BCUT2D eigenvalue weighted by atomic mass is 19.4. The van der Waals surface area contributed by atoms with Crippen LogP contribution < -0.4 is 20.7 Å². The minimum Gasteiger partial charge on any atom is -0.425 e. The maximum absolute atomic E-state index is 12.5. The van der Waals surface area contributed by atoms with E-state index in [0.717, 1.165) is 17.7 Å². The maximum Gasteiger partial charge on any atom is 0.573 e. The van der Waals surface area contributed by atoms with Gasteiger partial charge in [0, 0.05) is 6.07 Å². The van der Waals surface area contributed by atoms with E-state index >= 15 is 0 Å². The number of halogens is 3. The van der Waals surface area contributed by atoms with Crippen molar-refractivity contribution in [1.29, 1.82) is 0 Å². The van der Waals surface area contributed by atoms with Crippen molar-refractivity contribution in [3.8, 4) is 17.5 Å². The standard InChI is InChI=1S/C19H13F3N4O4/c20-19(21,22)30-13-8-4-7-12(9-13)29-18-24-15-14(16(27)25-17(28)23-15)26(18)10-11-5-2-1-3-6-11/h1-9H,10H2,(H2,23,25,27,28). The van der Waals surface area contributed by atoms with Gasteiger partial charge in [0.25, 0.3) is 5.56 Å². The Balaban J connectivity index is 1.78. The van der Waals surface area contributed by atoms with Crippen molar-refractivity contribution in [2.24, 2.45) is 0 Å². The number of aromatic nitrogens is 4. The number of hydrogen-bond donors (Lipinski definition) is 2. The molecule has 0 amide bonds. The molecule has 0 fully saturated rings. The Kier molecular flexibility index (Phi) is 4.78. The Morgan fingerprint density at radius 2 is 1.70 bits per heavy atom. The van der Waals surface area contributed by atoms with Crippen molar-refractivity contribution in [1.82, 2.24) is 19.5 Å². The van der Waals surface area contributed by atoms with Gasteiger partial charge in [0.05, 0.1) is 6.54 Å². The predicted octanol–water partition coefficient (Wildman–Crippen LogP) is 3.15. The van der Waals surface area contributed by atoms with Gasteiger partial charge in [-0.05, 0) is 17.7 Å². The van der Waals surface area contributed by atoms with Crippen LogP contribution in [-0.4, -0.2) is 25.9 Å². The van der Waals surface area contributed by atoms with Crippen molar-refractivity contribution in [2.45, 2.75) is 12.9 Å². The smallest absolute Gasteiger partial charge is 0.425 e. The van der Waals surface area contributed by atoms with Crippen LogP contribution in [0.2, 0.25) is 0 Å². The first-order valence-electron chi connectivity index (χ1n) is 8.59. The lowest BCUT2D eigenvalue weighted by atomic mass is 10.2. The summed E-state index contributed by atoms with van der Waals surface area (Å²) in [4.78, 5) is 32.6. The number of aromatic amines is 2. The molecule has 0 bridgehead atoms. The molecule has 0 aliphatic rings. The molecular weight excluding hydrogens is 405 g/mol. The Bertz CT molecular complexity index is 1310. The number of hydrogen-bond acceptors (Lipinski definition) is 5. The molecular formula is C19H13F3N4O4. The van der Waals surface area contributed by atoms with Gasteiger partial charge < -0.3 is 9.47 Å². The average molecular weight is 418 g/mol. The van der Waals surface area contributed by atoms with Gasteiger partial charge in [-0.2, -0.15) is 4.98 Å². The summed E-state index contributed by atoms with van der Waals surface area (Å²) < 4.78 is 48.4. The van der Waals surface area contributed by atoms with Crippen LogP contribution in [0.5, 0.6) is 17.5 Å². The van der Waals surface area contributed by atoms with Crippen LogP contribution in [0.25, 0.3) is 11.2 Å². The van der Waals surface area contributed by atoms with Gasteiger partial charge in [-0.25, -0.2) is 4.79 Å². The highest BCUT2D eigenvalue weighted by molar-refractivity contribution is 5.71. The van der Waals surface area contributed by atoms with E-state index < -0.39 is 23.4 Å². The van der Waals surface area contributed by atoms with E-state index in [9.17, 15) is 22.8 Å². The first-order valence-corrected chi connectivity index (χ1v) is 8.59. The number of benzene rings is 2. The molecule has 0 radical (unpaired) electrons. The molecule has 154 valence electrons. The number of H-pyrrole nitrogens is 2. The zero-order valence-electron chi connectivity index (χ0n) is 15.1. The van der Waals surface area contributed by atoms with Crippen molar-refractivity contribution >= 4 is 11.2 Å². The zero-order valence-corrected chi connectivity index (χ0v) is 15.1. The molecule has 4 rings (SSSR count). The van der Waals surface area contributed by atoms with Crippen molar-refractivity contribution in [3.63, 3.8) is 0 Å². The van der Waals surface area contributed by atoms with Crippen LogP contribution >= 0.6 is 0 Å². The van der Waals surface area contributed by atoms with Crippen LogP contribution in [0.3, 0.4) is 0 Å². The summed E-state index contributed by atoms with van der Waals surface area (Å²) in [5.74, 6) is -0.475. The van der Waals surface area contributed by atoms with E-state index in [1.54, 1.807) is 12.1 Å². The van der Waals surface area contributed by atoms with Gasteiger partial charge in [0.15, 0.2) is 11.2 Å².